The Labute approximate surface area is 81.8 Å². The van der Waals surface area contributed by atoms with Crippen molar-refractivity contribution in [2.24, 2.45) is 5.73 Å². The lowest BCUT2D eigenvalue weighted by molar-refractivity contribution is 0.1000. The van der Waals surface area contributed by atoms with Crippen molar-refractivity contribution in [3.8, 4) is 0 Å². The summed E-state index contributed by atoms with van der Waals surface area (Å²) < 4.78 is 0. The zero-order valence-corrected chi connectivity index (χ0v) is 7.82. The van der Waals surface area contributed by atoms with Gasteiger partial charge in [0, 0.05) is 18.0 Å². The van der Waals surface area contributed by atoms with E-state index >= 15 is 0 Å². The van der Waals surface area contributed by atoms with E-state index in [1.165, 1.54) is 0 Å². The molecule has 1 aromatic rings. The van der Waals surface area contributed by atoms with Gasteiger partial charge >= 0.3 is 0 Å². The van der Waals surface area contributed by atoms with E-state index in [-0.39, 0.29) is 0 Å². The zero-order chi connectivity index (χ0) is 10.1. The second-order valence-corrected chi connectivity index (χ2v) is 3.06. The molecule has 0 aromatic carbocycles. The van der Waals surface area contributed by atoms with Gasteiger partial charge in [0.2, 0.25) is 5.91 Å². The molecule has 4 heteroatoms. The van der Waals surface area contributed by atoms with E-state index in [4.69, 9.17) is 5.73 Å². The van der Waals surface area contributed by atoms with Gasteiger partial charge in [-0.25, -0.2) is 10.3 Å². The predicted molar refractivity (Wildman–Crippen MR) is 52.8 cm³/mol. The first-order chi connectivity index (χ1) is 6.74. The van der Waals surface area contributed by atoms with Gasteiger partial charge < -0.3 is 5.73 Å². The van der Waals surface area contributed by atoms with Crippen molar-refractivity contribution in [1.82, 2.24) is 10.3 Å². The highest BCUT2D eigenvalue weighted by atomic mass is 16.1. The van der Waals surface area contributed by atoms with Crippen molar-refractivity contribution in [2.45, 2.75) is 13.3 Å². The first kappa shape index (κ1) is 8.74. The fraction of sp³-hybridized carbons (Fsp3) is 0.200. The molecule has 1 aromatic heterocycles. The molecule has 4 nitrogen and oxygen atoms in total. The summed E-state index contributed by atoms with van der Waals surface area (Å²) in [6, 6.07) is 1.63. The Morgan fingerprint density at radius 3 is 3.00 bits per heavy atom. The summed E-state index contributed by atoms with van der Waals surface area (Å²) in [6.07, 6.45) is 4.11. The monoisotopic (exact) mass is 188 g/mol. The lowest BCUT2D eigenvalue weighted by Gasteiger charge is -2.05. The highest BCUT2D eigenvalue weighted by Gasteiger charge is 2.21. The third-order valence-corrected chi connectivity index (χ3v) is 2.24. The molecule has 1 aliphatic rings. The number of carbonyl (C=O) groups excluding carboxylic acids is 1. The SMILES string of the molecule is CCC1=C[N]c2nccc(C(N)=O)c21. The average molecular weight is 188 g/mol. The number of primary amides is 1. The van der Waals surface area contributed by atoms with E-state index < -0.39 is 5.91 Å². The van der Waals surface area contributed by atoms with Gasteiger partial charge in [-0.1, -0.05) is 6.92 Å². The van der Waals surface area contributed by atoms with Crippen LogP contribution in [0.3, 0.4) is 0 Å². The summed E-state index contributed by atoms with van der Waals surface area (Å²) >= 11 is 0. The van der Waals surface area contributed by atoms with Gasteiger partial charge in [-0.2, -0.15) is 0 Å². The van der Waals surface area contributed by atoms with Gasteiger partial charge in [0.25, 0.3) is 0 Å². The van der Waals surface area contributed by atoms with Crippen LogP contribution in [0.5, 0.6) is 0 Å². The molecule has 14 heavy (non-hydrogen) atoms. The summed E-state index contributed by atoms with van der Waals surface area (Å²) in [5.41, 5.74) is 7.58. The third-order valence-electron chi connectivity index (χ3n) is 2.24. The van der Waals surface area contributed by atoms with Crippen LogP contribution in [0, 0.1) is 0 Å². The number of allylic oxidation sites excluding steroid dienone is 1. The molecule has 0 bridgehead atoms. The maximum Gasteiger partial charge on any atom is 0.249 e. The summed E-state index contributed by atoms with van der Waals surface area (Å²) in [7, 11) is 0. The van der Waals surface area contributed by atoms with Crippen LogP contribution < -0.4 is 11.1 Å². The number of amides is 1. The van der Waals surface area contributed by atoms with Crippen molar-refractivity contribution in [2.75, 3.05) is 0 Å². The van der Waals surface area contributed by atoms with Gasteiger partial charge in [0.15, 0.2) is 5.82 Å². The summed E-state index contributed by atoms with van der Waals surface area (Å²) in [6.45, 7) is 2.01. The van der Waals surface area contributed by atoms with Crippen LogP contribution in [0.4, 0.5) is 5.82 Å². The van der Waals surface area contributed by atoms with Gasteiger partial charge in [0.05, 0.1) is 5.56 Å². The first-order valence-corrected chi connectivity index (χ1v) is 4.43. The highest BCUT2D eigenvalue weighted by molar-refractivity contribution is 6.00. The number of carbonyl (C=O) groups is 1. The average Bonchev–Trinajstić information content (AvgIpc) is 2.59. The second-order valence-electron chi connectivity index (χ2n) is 3.06. The predicted octanol–water partition coefficient (Wildman–Crippen LogP) is 1.18. The van der Waals surface area contributed by atoms with E-state index in [0.717, 1.165) is 17.6 Å². The Balaban J connectivity index is 2.60. The van der Waals surface area contributed by atoms with Crippen LogP contribution >= 0.6 is 0 Å². The molecule has 2 heterocycles. The maximum absolute atomic E-state index is 11.1. The minimum absolute atomic E-state index is 0.430. The molecule has 0 fully saturated rings. The topological polar surface area (TPSA) is 70.1 Å². The molecule has 2 N–H and O–H groups in total. The largest absolute Gasteiger partial charge is 0.366 e. The maximum atomic E-state index is 11.1. The normalized spacial score (nSPS) is 13.1. The number of nitrogens with zero attached hydrogens (tertiary/aromatic N) is 2. The molecule has 0 aliphatic carbocycles. The van der Waals surface area contributed by atoms with Crippen LogP contribution in [0.25, 0.3) is 5.57 Å². The number of aromatic nitrogens is 1. The van der Waals surface area contributed by atoms with Gasteiger partial charge in [-0.3, -0.25) is 4.79 Å². The number of rotatable bonds is 2. The highest BCUT2D eigenvalue weighted by Crippen LogP contribution is 2.32. The Hall–Kier alpha value is -1.84. The second kappa shape index (κ2) is 3.14. The Morgan fingerprint density at radius 1 is 1.57 bits per heavy atom. The summed E-state index contributed by atoms with van der Waals surface area (Å²) in [4.78, 5) is 15.2. The van der Waals surface area contributed by atoms with Crippen LogP contribution in [0.15, 0.2) is 18.5 Å². The Bertz CT molecular complexity index is 423. The number of hydrogen-bond acceptors (Lipinski definition) is 2. The lowest BCUT2D eigenvalue weighted by Crippen LogP contribution is -2.13. The third kappa shape index (κ3) is 1.16. The standard InChI is InChI=1S/C10H10N3O/c1-2-6-5-13-10-8(6)7(9(11)14)3-4-12-10/h3-5H,2H2,1H3,(H2,11,14). The first-order valence-electron chi connectivity index (χ1n) is 4.43. The van der Waals surface area contributed by atoms with Gasteiger partial charge in [-0.15, -0.1) is 0 Å². The molecule has 1 radical (unpaired) electrons. The van der Waals surface area contributed by atoms with E-state index in [0.29, 0.717) is 11.4 Å². The Morgan fingerprint density at radius 2 is 2.36 bits per heavy atom. The zero-order valence-electron chi connectivity index (χ0n) is 7.82. The molecule has 1 amide bonds. The molecular weight excluding hydrogens is 178 g/mol. The van der Waals surface area contributed by atoms with Crippen LogP contribution in [0.2, 0.25) is 0 Å². The Kier molecular flexibility index (Phi) is 1.96. The number of nitrogens with two attached hydrogens (primary N) is 1. The number of pyridine rings is 1. The number of fused-ring (bicyclic) bond motifs is 1. The molecule has 0 saturated heterocycles. The van der Waals surface area contributed by atoms with E-state index in [2.05, 4.69) is 10.3 Å². The molecule has 0 saturated carbocycles. The fourth-order valence-electron chi connectivity index (χ4n) is 1.54. The smallest absolute Gasteiger partial charge is 0.249 e. The lowest BCUT2D eigenvalue weighted by atomic mass is 10.0. The molecule has 71 valence electrons. The minimum Gasteiger partial charge on any atom is -0.366 e. The van der Waals surface area contributed by atoms with Gasteiger partial charge in [0.1, 0.15) is 0 Å². The van der Waals surface area contributed by atoms with Crippen molar-refractivity contribution >= 4 is 17.3 Å². The van der Waals surface area contributed by atoms with Crippen molar-refractivity contribution in [3.05, 3.63) is 29.6 Å². The van der Waals surface area contributed by atoms with E-state index in [9.17, 15) is 4.79 Å². The number of hydrogen-bond donors (Lipinski definition) is 1. The minimum atomic E-state index is -0.430. The summed E-state index contributed by atoms with van der Waals surface area (Å²) in [5, 5.41) is 4.11. The van der Waals surface area contributed by atoms with E-state index in [1.54, 1.807) is 18.5 Å². The molecule has 0 spiro atoms. The molecule has 0 atom stereocenters. The molecular formula is C10H10N3O. The van der Waals surface area contributed by atoms with Crippen LogP contribution in [-0.4, -0.2) is 10.9 Å². The van der Waals surface area contributed by atoms with Crippen molar-refractivity contribution < 1.29 is 4.79 Å². The molecule has 1 aliphatic heterocycles. The quantitative estimate of drug-likeness (QED) is 0.757. The van der Waals surface area contributed by atoms with Crippen LogP contribution in [0.1, 0.15) is 29.3 Å². The van der Waals surface area contributed by atoms with Crippen molar-refractivity contribution in [3.63, 3.8) is 0 Å². The van der Waals surface area contributed by atoms with Crippen molar-refractivity contribution in [1.29, 1.82) is 0 Å². The van der Waals surface area contributed by atoms with Gasteiger partial charge in [-0.05, 0) is 18.1 Å². The van der Waals surface area contributed by atoms with Crippen LogP contribution in [-0.2, 0) is 0 Å². The molecule has 0 unspecified atom stereocenters. The molecule has 2 rings (SSSR count). The summed E-state index contributed by atoms with van der Waals surface area (Å²) in [5.74, 6) is 0.165. The van der Waals surface area contributed by atoms with E-state index in [1.807, 2.05) is 6.92 Å². The fourth-order valence-corrected chi connectivity index (χ4v) is 1.54.